The van der Waals surface area contributed by atoms with Crippen LogP contribution in [0.5, 0.6) is 5.75 Å². The lowest BCUT2D eigenvalue weighted by molar-refractivity contribution is -0.127. The van der Waals surface area contributed by atoms with E-state index in [-0.39, 0.29) is 39.5 Å². The van der Waals surface area contributed by atoms with Gasteiger partial charge in [-0.3, -0.25) is 18.7 Å². The highest BCUT2D eigenvalue weighted by molar-refractivity contribution is 7.72. The summed E-state index contributed by atoms with van der Waals surface area (Å²) in [5, 5.41) is 5.36. The third-order valence-corrected chi connectivity index (χ3v) is 13.5. The second-order valence-electron chi connectivity index (χ2n) is 10.8. The van der Waals surface area contributed by atoms with E-state index in [0.29, 0.717) is 39.1 Å². The first-order chi connectivity index (χ1) is 25.5. The van der Waals surface area contributed by atoms with Crippen LogP contribution in [0.3, 0.4) is 0 Å². The third-order valence-electron chi connectivity index (χ3n) is 7.19. The lowest BCUT2D eigenvalue weighted by Crippen LogP contribution is -2.50. The summed E-state index contributed by atoms with van der Waals surface area (Å²) >= 11 is 12.4. The molecule has 0 fully saturated rings. The second kappa shape index (κ2) is 20.5. The first-order valence-electron chi connectivity index (χ1n) is 16.3. The molecule has 0 aromatic heterocycles. The van der Waals surface area contributed by atoms with E-state index in [0.717, 1.165) is 0 Å². The maximum Gasteiger partial charge on any atom is 0.365 e. The van der Waals surface area contributed by atoms with Gasteiger partial charge in [-0.25, -0.2) is 22.0 Å². The molecule has 0 spiro atoms. The zero-order valence-electron chi connectivity index (χ0n) is 29.3. The van der Waals surface area contributed by atoms with E-state index in [2.05, 4.69) is 10.6 Å². The van der Waals surface area contributed by atoms with Crippen LogP contribution >= 0.6 is 38.4 Å². The van der Waals surface area contributed by atoms with Gasteiger partial charge in [0.1, 0.15) is 18.4 Å². The molecule has 3 aromatic carbocycles. The number of ether oxygens (including phenoxy) is 1. The molecule has 0 aliphatic carbocycles. The number of carbonyl (C=O) groups is 2. The molecule has 0 saturated heterocycles. The van der Waals surface area contributed by atoms with Gasteiger partial charge < -0.3 is 33.5 Å². The highest BCUT2D eigenvalue weighted by Gasteiger charge is 2.52. The summed E-state index contributed by atoms with van der Waals surface area (Å²) in [5.74, 6) is -13.3. The Balaban J connectivity index is 2.00. The minimum atomic E-state index is -4.54. The van der Waals surface area contributed by atoms with Gasteiger partial charge in [0.25, 0.3) is 0 Å². The molecule has 296 valence electrons. The quantitative estimate of drug-likeness (QED) is 0.0375. The van der Waals surface area contributed by atoms with E-state index in [1.54, 1.807) is 18.2 Å². The van der Waals surface area contributed by atoms with Crippen LogP contribution in [0.2, 0.25) is 10.0 Å². The number of hydrogen-bond acceptors (Lipinski definition) is 9. The van der Waals surface area contributed by atoms with Gasteiger partial charge in [-0.05, 0) is 63.6 Å². The fourth-order valence-electron chi connectivity index (χ4n) is 4.78. The van der Waals surface area contributed by atoms with Gasteiger partial charge in [-0.15, -0.1) is 0 Å². The molecule has 0 heterocycles. The molecule has 0 bridgehead atoms. The Morgan fingerprint density at radius 3 is 1.65 bits per heavy atom. The topological polar surface area (TPSA) is 138 Å². The fourth-order valence-corrected chi connectivity index (χ4v) is 10.2. The summed E-state index contributed by atoms with van der Waals surface area (Å²) in [6, 6.07) is 9.40. The van der Waals surface area contributed by atoms with Crippen LogP contribution in [0.4, 0.5) is 22.0 Å². The molecule has 0 saturated carbocycles. The number of amides is 2. The van der Waals surface area contributed by atoms with Gasteiger partial charge in [0.2, 0.25) is 23.2 Å². The predicted octanol–water partition coefficient (Wildman–Crippen LogP) is 8.94. The molecule has 20 heteroatoms. The van der Waals surface area contributed by atoms with Crippen molar-refractivity contribution in [3.05, 3.63) is 104 Å². The van der Waals surface area contributed by atoms with Gasteiger partial charge >= 0.3 is 15.2 Å². The summed E-state index contributed by atoms with van der Waals surface area (Å²) in [4.78, 5) is 27.0. The number of halogens is 7. The Bertz CT molecular complexity index is 1830. The highest BCUT2D eigenvalue weighted by atomic mass is 35.5. The van der Waals surface area contributed by atoms with E-state index in [9.17, 15) is 40.7 Å². The monoisotopic (exact) mass is 844 g/mol. The third kappa shape index (κ3) is 11.4. The molecule has 3 rings (SSSR count). The van der Waals surface area contributed by atoms with E-state index in [4.69, 9.17) is 46.0 Å². The van der Waals surface area contributed by atoms with E-state index >= 15 is 0 Å². The SMILES string of the molecule is CCOP(=O)(OCC)C(NC(=O)[C@@H](Cc1ccc(OCc2c(Cl)cccc2Cl)cc1)NC(=O)/C=C/c1c(F)c(F)c(F)c(F)c1F)P(=O)(OCC)OCC. The van der Waals surface area contributed by atoms with Crippen molar-refractivity contribution in [1.82, 2.24) is 10.6 Å². The van der Waals surface area contributed by atoms with Crippen LogP contribution in [0.25, 0.3) is 6.08 Å². The number of benzene rings is 3. The normalized spacial score (nSPS) is 12.7. The molecule has 3 aromatic rings. The molecule has 0 radical (unpaired) electrons. The molecular weight excluding hydrogens is 808 g/mol. The summed E-state index contributed by atoms with van der Waals surface area (Å²) in [5.41, 5.74) is -2.55. The minimum absolute atomic E-state index is 0.00907. The van der Waals surface area contributed by atoms with E-state index in [1.807, 2.05) is 0 Å². The summed E-state index contributed by atoms with van der Waals surface area (Å²) in [6.07, 6.45) is 0.430. The first-order valence-corrected chi connectivity index (χ1v) is 20.3. The van der Waals surface area contributed by atoms with Gasteiger partial charge in [0, 0.05) is 28.1 Å². The zero-order valence-corrected chi connectivity index (χ0v) is 32.6. The molecule has 0 aliphatic heterocycles. The maximum absolute atomic E-state index is 14.3. The van der Waals surface area contributed by atoms with E-state index < -0.39 is 73.2 Å². The van der Waals surface area contributed by atoms with Crippen LogP contribution in [0.1, 0.15) is 44.4 Å². The number of hydrogen-bond donors (Lipinski definition) is 2. The predicted molar refractivity (Wildman–Crippen MR) is 192 cm³/mol. The Morgan fingerprint density at radius 1 is 0.722 bits per heavy atom. The standard InChI is InChI=1S/C34H37Cl2F5N2O9P2/c1-5-49-53(46,50-6-2)34(54(47,51-7-3)52-8-4)43-33(45)26(42-27(44)17-16-22-28(37)30(39)32(41)31(40)29(22)38)18-20-12-14-21(15-13-20)48-19-23-24(35)10-9-11-25(23)36/h9-17,26,34H,5-8,18-19H2,1-4H3,(H,42,44)(H,43,45)/b17-16+/t26-/m1/s1. The van der Waals surface area contributed by atoms with Crippen LogP contribution in [-0.4, -0.2) is 49.8 Å². The summed E-state index contributed by atoms with van der Waals surface area (Å²) < 4.78 is 125. The van der Waals surface area contributed by atoms with Crippen molar-refractivity contribution in [1.29, 1.82) is 0 Å². The molecule has 1 atom stereocenters. The average molecular weight is 846 g/mol. The lowest BCUT2D eigenvalue weighted by Gasteiger charge is -2.32. The summed E-state index contributed by atoms with van der Waals surface area (Å²) in [7, 11) is -9.07. The highest BCUT2D eigenvalue weighted by Crippen LogP contribution is 2.69. The molecule has 0 aliphatic rings. The van der Waals surface area contributed by atoms with E-state index in [1.165, 1.54) is 52.0 Å². The van der Waals surface area contributed by atoms with Crippen LogP contribution in [0, 0.1) is 29.1 Å². The van der Waals surface area contributed by atoms with Crippen molar-refractivity contribution in [2.24, 2.45) is 0 Å². The van der Waals surface area contributed by atoms with Crippen molar-refractivity contribution >= 4 is 56.3 Å². The van der Waals surface area contributed by atoms with Crippen LogP contribution in [-0.2, 0) is 49.8 Å². The Kier molecular flexibility index (Phi) is 17.1. The Labute approximate surface area is 318 Å². The first kappa shape index (κ1) is 45.1. The summed E-state index contributed by atoms with van der Waals surface area (Å²) in [6.45, 7) is 4.99. The molecule has 2 amide bonds. The zero-order chi connectivity index (χ0) is 40.2. The smallest absolute Gasteiger partial charge is 0.365 e. The van der Waals surface area contributed by atoms with Crippen molar-refractivity contribution in [2.45, 2.75) is 52.3 Å². The number of nitrogens with one attached hydrogen (secondary N) is 2. The lowest BCUT2D eigenvalue weighted by atomic mass is 10.0. The van der Waals surface area contributed by atoms with Crippen molar-refractivity contribution < 1.29 is 63.5 Å². The Hall–Kier alpha value is -3.33. The van der Waals surface area contributed by atoms with Crippen molar-refractivity contribution in [3.8, 4) is 5.75 Å². The Morgan fingerprint density at radius 2 is 1.19 bits per heavy atom. The van der Waals surface area contributed by atoms with Crippen molar-refractivity contribution in [2.75, 3.05) is 26.4 Å². The van der Waals surface area contributed by atoms with Crippen LogP contribution < -0.4 is 15.4 Å². The number of rotatable bonds is 20. The van der Waals surface area contributed by atoms with Gasteiger partial charge in [0.05, 0.1) is 32.0 Å². The van der Waals surface area contributed by atoms with Crippen LogP contribution in [0.15, 0.2) is 48.5 Å². The number of carbonyl (C=O) groups excluding carboxylic acids is 2. The second-order valence-corrected chi connectivity index (χ2v) is 16.3. The molecule has 2 N–H and O–H groups in total. The largest absolute Gasteiger partial charge is 0.489 e. The maximum atomic E-state index is 14.3. The van der Waals surface area contributed by atoms with Gasteiger partial charge in [-0.1, -0.05) is 41.4 Å². The minimum Gasteiger partial charge on any atom is -0.489 e. The molecule has 0 unspecified atom stereocenters. The van der Waals surface area contributed by atoms with Crippen molar-refractivity contribution in [3.63, 3.8) is 0 Å². The van der Waals surface area contributed by atoms with Gasteiger partial charge in [0.15, 0.2) is 23.3 Å². The van der Waals surface area contributed by atoms with Gasteiger partial charge in [-0.2, -0.15) is 0 Å². The molecule has 11 nitrogen and oxygen atoms in total. The molecular formula is C34H37Cl2F5N2O9P2. The average Bonchev–Trinajstić information content (AvgIpc) is 3.12. The molecule has 54 heavy (non-hydrogen) atoms. The fraction of sp³-hybridized carbons (Fsp3) is 0.353.